The summed E-state index contributed by atoms with van der Waals surface area (Å²) in [5.41, 5.74) is 0. The average molecular weight is 265 g/mol. The van der Waals surface area contributed by atoms with Gasteiger partial charge in [-0.25, -0.2) is 0 Å². The average Bonchev–Trinajstić information content (AvgIpc) is 2.87. The minimum Gasteiger partial charge on any atom is -0.356 e. The lowest BCUT2D eigenvalue weighted by atomic mass is 9.90. The maximum Gasteiger partial charge on any atom is 0.224 e. The zero-order chi connectivity index (χ0) is 13.4. The molecule has 3 saturated heterocycles. The van der Waals surface area contributed by atoms with Gasteiger partial charge in [-0.05, 0) is 58.5 Å². The Hall–Kier alpha value is -0.610. The highest BCUT2D eigenvalue weighted by atomic mass is 16.1. The molecule has 2 N–H and O–H groups in total. The monoisotopic (exact) mass is 265 g/mol. The van der Waals surface area contributed by atoms with Crippen LogP contribution in [0.5, 0.6) is 0 Å². The van der Waals surface area contributed by atoms with Crippen molar-refractivity contribution in [1.82, 2.24) is 15.5 Å². The van der Waals surface area contributed by atoms with Crippen LogP contribution in [0.15, 0.2) is 0 Å². The summed E-state index contributed by atoms with van der Waals surface area (Å²) in [6.07, 6.45) is 6.24. The molecule has 0 aromatic heterocycles. The summed E-state index contributed by atoms with van der Waals surface area (Å²) in [5.74, 6) is 1.15. The molecule has 4 atom stereocenters. The molecule has 1 amide bonds. The van der Waals surface area contributed by atoms with Crippen LogP contribution in [0, 0.1) is 11.8 Å². The van der Waals surface area contributed by atoms with Crippen LogP contribution in [0.1, 0.15) is 39.0 Å². The maximum atomic E-state index is 12.2. The van der Waals surface area contributed by atoms with E-state index in [1.807, 2.05) is 0 Å². The van der Waals surface area contributed by atoms with Gasteiger partial charge in [-0.2, -0.15) is 0 Å². The van der Waals surface area contributed by atoms with Gasteiger partial charge in [0.05, 0.1) is 5.92 Å². The third-order valence-corrected chi connectivity index (χ3v) is 5.62. The van der Waals surface area contributed by atoms with E-state index in [1.54, 1.807) is 0 Å². The molecule has 2 bridgehead atoms. The van der Waals surface area contributed by atoms with Crippen LogP contribution >= 0.6 is 0 Å². The van der Waals surface area contributed by atoms with Gasteiger partial charge in [0.2, 0.25) is 5.91 Å². The zero-order valence-electron chi connectivity index (χ0n) is 12.2. The van der Waals surface area contributed by atoms with Crippen LogP contribution in [0.4, 0.5) is 0 Å². The van der Waals surface area contributed by atoms with E-state index in [9.17, 15) is 4.79 Å². The predicted octanol–water partition coefficient (Wildman–Crippen LogP) is 0.973. The number of hydrogen-bond donors (Lipinski definition) is 2. The fourth-order valence-corrected chi connectivity index (χ4v) is 4.28. The largest absolute Gasteiger partial charge is 0.356 e. The molecular formula is C15H27N3O. The Balaban J connectivity index is 1.47. The fraction of sp³-hybridized carbons (Fsp3) is 0.933. The first kappa shape index (κ1) is 13.4. The lowest BCUT2D eigenvalue weighted by molar-refractivity contribution is -0.125. The molecule has 108 valence electrons. The van der Waals surface area contributed by atoms with E-state index >= 15 is 0 Å². The van der Waals surface area contributed by atoms with E-state index < -0.39 is 0 Å². The Labute approximate surface area is 116 Å². The molecule has 3 aliphatic rings. The van der Waals surface area contributed by atoms with Crippen LogP contribution in [0.25, 0.3) is 0 Å². The van der Waals surface area contributed by atoms with E-state index in [-0.39, 0.29) is 11.8 Å². The molecule has 4 unspecified atom stereocenters. The van der Waals surface area contributed by atoms with Crippen molar-refractivity contribution in [2.24, 2.45) is 11.8 Å². The number of carbonyl (C=O) groups is 1. The quantitative estimate of drug-likeness (QED) is 0.799. The topological polar surface area (TPSA) is 44.4 Å². The van der Waals surface area contributed by atoms with Crippen molar-refractivity contribution >= 4 is 5.91 Å². The molecular weight excluding hydrogens is 238 g/mol. The van der Waals surface area contributed by atoms with E-state index in [4.69, 9.17) is 0 Å². The Morgan fingerprint density at radius 3 is 2.53 bits per heavy atom. The molecule has 3 aliphatic heterocycles. The van der Waals surface area contributed by atoms with Crippen LogP contribution < -0.4 is 10.6 Å². The van der Waals surface area contributed by atoms with Crippen molar-refractivity contribution in [1.29, 1.82) is 0 Å². The van der Waals surface area contributed by atoms with Gasteiger partial charge in [-0.1, -0.05) is 0 Å². The summed E-state index contributed by atoms with van der Waals surface area (Å²) in [6.45, 7) is 3.99. The smallest absolute Gasteiger partial charge is 0.224 e. The first-order valence-electron chi connectivity index (χ1n) is 7.88. The van der Waals surface area contributed by atoms with Crippen LogP contribution in [0.2, 0.25) is 0 Å². The van der Waals surface area contributed by atoms with E-state index in [1.165, 1.54) is 25.7 Å². The molecule has 3 fully saturated rings. The Morgan fingerprint density at radius 1 is 1.26 bits per heavy atom. The number of piperidine rings is 1. The summed E-state index contributed by atoms with van der Waals surface area (Å²) < 4.78 is 0. The van der Waals surface area contributed by atoms with Gasteiger partial charge in [-0.3, -0.25) is 4.79 Å². The van der Waals surface area contributed by atoms with Crippen molar-refractivity contribution in [3.63, 3.8) is 0 Å². The lowest BCUT2D eigenvalue weighted by Gasteiger charge is -2.36. The number of hydrogen-bond acceptors (Lipinski definition) is 3. The summed E-state index contributed by atoms with van der Waals surface area (Å²) >= 11 is 0. The Morgan fingerprint density at radius 2 is 1.95 bits per heavy atom. The van der Waals surface area contributed by atoms with E-state index in [0.29, 0.717) is 12.0 Å². The van der Waals surface area contributed by atoms with Crippen molar-refractivity contribution in [2.75, 3.05) is 20.1 Å². The standard InChI is InChI=1S/C15H27N3O/c1-10-14(5-6-16-10)15(19)17-9-11-7-12-3-4-13(8-11)18(12)2/h10-14,16H,3-9H2,1-2H3,(H,17,19). The van der Waals surface area contributed by atoms with Crippen LogP contribution in [0.3, 0.4) is 0 Å². The van der Waals surface area contributed by atoms with Crippen molar-refractivity contribution in [2.45, 2.75) is 57.2 Å². The molecule has 0 spiro atoms. The molecule has 4 nitrogen and oxygen atoms in total. The minimum atomic E-state index is 0.183. The third kappa shape index (κ3) is 2.65. The van der Waals surface area contributed by atoms with Gasteiger partial charge >= 0.3 is 0 Å². The van der Waals surface area contributed by atoms with Crippen LogP contribution in [-0.4, -0.2) is 49.1 Å². The van der Waals surface area contributed by atoms with Gasteiger partial charge < -0.3 is 15.5 Å². The molecule has 0 aliphatic carbocycles. The maximum absolute atomic E-state index is 12.2. The summed E-state index contributed by atoms with van der Waals surface area (Å²) in [4.78, 5) is 14.7. The minimum absolute atomic E-state index is 0.183. The number of carbonyl (C=O) groups excluding carboxylic acids is 1. The number of nitrogens with one attached hydrogen (secondary N) is 2. The van der Waals surface area contributed by atoms with Crippen LogP contribution in [-0.2, 0) is 4.79 Å². The second kappa shape index (κ2) is 5.41. The lowest BCUT2D eigenvalue weighted by Crippen LogP contribution is -2.45. The SMILES string of the molecule is CC1NCCC1C(=O)NCC1CC2CCC(C1)N2C. The molecule has 4 heteroatoms. The highest BCUT2D eigenvalue weighted by molar-refractivity contribution is 5.79. The van der Waals surface area contributed by atoms with Gasteiger partial charge in [0.25, 0.3) is 0 Å². The first-order valence-corrected chi connectivity index (χ1v) is 7.88. The molecule has 3 rings (SSSR count). The molecule has 0 aromatic carbocycles. The number of nitrogens with zero attached hydrogens (tertiary/aromatic N) is 1. The Kier molecular flexibility index (Phi) is 3.81. The molecule has 3 heterocycles. The first-order chi connectivity index (χ1) is 9.15. The second-order valence-electron chi connectivity index (χ2n) is 6.77. The van der Waals surface area contributed by atoms with Gasteiger partial charge in [0.15, 0.2) is 0 Å². The molecule has 0 radical (unpaired) electrons. The fourth-order valence-electron chi connectivity index (χ4n) is 4.28. The zero-order valence-corrected chi connectivity index (χ0v) is 12.2. The molecule has 0 aromatic rings. The second-order valence-corrected chi connectivity index (χ2v) is 6.77. The number of amides is 1. The molecule has 0 saturated carbocycles. The summed E-state index contributed by atoms with van der Waals surface area (Å²) in [7, 11) is 2.27. The van der Waals surface area contributed by atoms with Crippen molar-refractivity contribution < 1.29 is 4.79 Å². The summed E-state index contributed by atoms with van der Waals surface area (Å²) in [5, 5.41) is 6.56. The third-order valence-electron chi connectivity index (χ3n) is 5.62. The van der Waals surface area contributed by atoms with Gasteiger partial charge in [-0.15, -0.1) is 0 Å². The highest BCUT2D eigenvalue weighted by Gasteiger charge is 2.38. The predicted molar refractivity (Wildman–Crippen MR) is 75.9 cm³/mol. The van der Waals surface area contributed by atoms with Crippen molar-refractivity contribution in [3.05, 3.63) is 0 Å². The number of rotatable bonds is 3. The normalized spacial score (nSPS) is 42.5. The molecule has 19 heavy (non-hydrogen) atoms. The van der Waals surface area contributed by atoms with E-state index in [0.717, 1.165) is 31.6 Å². The van der Waals surface area contributed by atoms with Gasteiger partial charge in [0.1, 0.15) is 0 Å². The van der Waals surface area contributed by atoms with Crippen molar-refractivity contribution in [3.8, 4) is 0 Å². The van der Waals surface area contributed by atoms with E-state index in [2.05, 4.69) is 29.5 Å². The number of fused-ring (bicyclic) bond motifs is 2. The highest BCUT2D eigenvalue weighted by Crippen LogP contribution is 2.37. The van der Waals surface area contributed by atoms with Gasteiger partial charge in [0, 0.05) is 24.7 Å². The summed E-state index contributed by atoms with van der Waals surface area (Å²) in [6, 6.07) is 1.88. The Bertz CT molecular complexity index is 332.